The maximum absolute atomic E-state index is 12.4. The van der Waals surface area contributed by atoms with Gasteiger partial charge in [0.25, 0.3) is 5.91 Å². The maximum atomic E-state index is 12.4. The van der Waals surface area contributed by atoms with Gasteiger partial charge in [-0.1, -0.05) is 24.3 Å². The van der Waals surface area contributed by atoms with Gasteiger partial charge in [-0.05, 0) is 36.8 Å². The Morgan fingerprint density at radius 3 is 2.86 bits per heavy atom. The van der Waals surface area contributed by atoms with Gasteiger partial charge in [-0.25, -0.2) is 4.98 Å². The zero-order valence-electron chi connectivity index (χ0n) is 12.7. The first kappa shape index (κ1) is 14.5. The van der Waals surface area contributed by atoms with Crippen molar-refractivity contribution in [2.45, 2.75) is 31.7 Å². The van der Waals surface area contributed by atoms with Crippen molar-refractivity contribution in [1.82, 2.24) is 15.3 Å². The van der Waals surface area contributed by atoms with E-state index in [2.05, 4.69) is 44.9 Å². The predicted octanol–water partition coefficient (Wildman–Crippen LogP) is 2.20. The summed E-state index contributed by atoms with van der Waals surface area (Å²) < 4.78 is 0. The van der Waals surface area contributed by atoms with E-state index in [0.29, 0.717) is 11.5 Å². The lowest BCUT2D eigenvalue weighted by Crippen LogP contribution is -2.36. The summed E-state index contributed by atoms with van der Waals surface area (Å²) in [5.74, 6) is 0.438. The molecular weight excluding hydrogens is 276 g/mol. The van der Waals surface area contributed by atoms with Gasteiger partial charge in [0.1, 0.15) is 11.5 Å². The van der Waals surface area contributed by atoms with Gasteiger partial charge in [0.15, 0.2) is 0 Å². The Kier molecular flexibility index (Phi) is 4.32. The molecular formula is C17H20N4O. The molecule has 2 aromatic rings. The summed E-state index contributed by atoms with van der Waals surface area (Å²) in [6, 6.07) is 8.63. The summed E-state index contributed by atoms with van der Waals surface area (Å²) in [5, 5.41) is 5.99. The van der Waals surface area contributed by atoms with Crippen molar-refractivity contribution in [2.24, 2.45) is 0 Å². The number of amides is 1. The van der Waals surface area contributed by atoms with Crippen LogP contribution in [0.25, 0.3) is 0 Å². The molecule has 0 spiro atoms. The van der Waals surface area contributed by atoms with Crippen LogP contribution in [-0.2, 0) is 12.8 Å². The van der Waals surface area contributed by atoms with E-state index in [4.69, 9.17) is 0 Å². The van der Waals surface area contributed by atoms with Crippen LogP contribution in [0.15, 0.2) is 36.7 Å². The maximum Gasteiger partial charge on any atom is 0.271 e. The molecule has 1 amide bonds. The monoisotopic (exact) mass is 296 g/mol. The fourth-order valence-electron chi connectivity index (χ4n) is 2.89. The third-order valence-corrected chi connectivity index (χ3v) is 4.04. The SMILES string of the molecule is CNc1cncc(C(=O)N[C@H]2CCCc3ccccc3C2)n1. The standard InChI is InChI=1S/C17H20N4O/c1-18-16-11-19-10-15(21-16)17(22)20-14-8-4-7-12-5-2-3-6-13(12)9-14/h2-3,5-6,10-11,14H,4,7-9H2,1H3,(H,18,21)(H,20,22)/t14-/m0/s1. The minimum absolute atomic E-state index is 0.149. The number of anilines is 1. The molecule has 5 nitrogen and oxygen atoms in total. The molecule has 1 atom stereocenters. The average molecular weight is 296 g/mol. The second-order valence-corrected chi connectivity index (χ2v) is 5.58. The first-order valence-electron chi connectivity index (χ1n) is 7.63. The highest BCUT2D eigenvalue weighted by Crippen LogP contribution is 2.20. The van der Waals surface area contributed by atoms with Crippen molar-refractivity contribution >= 4 is 11.7 Å². The van der Waals surface area contributed by atoms with Crippen molar-refractivity contribution in [2.75, 3.05) is 12.4 Å². The number of carbonyl (C=O) groups is 1. The highest BCUT2D eigenvalue weighted by atomic mass is 16.1. The van der Waals surface area contributed by atoms with Crippen LogP contribution in [0.4, 0.5) is 5.82 Å². The van der Waals surface area contributed by atoms with Crippen molar-refractivity contribution in [3.05, 3.63) is 53.5 Å². The molecule has 1 aliphatic carbocycles. The van der Waals surface area contributed by atoms with Crippen molar-refractivity contribution < 1.29 is 4.79 Å². The summed E-state index contributed by atoms with van der Waals surface area (Å²) in [6.07, 6.45) is 7.13. The number of carbonyl (C=O) groups excluding carboxylic acids is 1. The van der Waals surface area contributed by atoms with Crippen molar-refractivity contribution in [3.8, 4) is 0 Å². The molecule has 0 aliphatic heterocycles. The molecule has 0 saturated carbocycles. The summed E-state index contributed by atoms with van der Waals surface area (Å²) in [7, 11) is 1.76. The summed E-state index contributed by atoms with van der Waals surface area (Å²) >= 11 is 0. The van der Waals surface area contributed by atoms with Crippen molar-refractivity contribution in [1.29, 1.82) is 0 Å². The van der Waals surface area contributed by atoms with E-state index < -0.39 is 0 Å². The second-order valence-electron chi connectivity index (χ2n) is 5.58. The summed E-state index contributed by atoms with van der Waals surface area (Å²) in [6.45, 7) is 0. The molecule has 0 fully saturated rings. The van der Waals surface area contributed by atoms with Crippen LogP contribution in [0, 0.1) is 0 Å². The molecule has 3 rings (SSSR count). The Labute approximate surface area is 130 Å². The number of nitrogens with zero attached hydrogens (tertiary/aromatic N) is 2. The zero-order valence-corrected chi connectivity index (χ0v) is 12.7. The van der Waals surface area contributed by atoms with Crippen LogP contribution < -0.4 is 10.6 Å². The molecule has 1 heterocycles. The van der Waals surface area contributed by atoms with Gasteiger partial charge in [-0.3, -0.25) is 9.78 Å². The Bertz CT molecular complexity index is 671. The molecule has 22 heavy (non-hydrogen) atoms. The highest BCUT2D eigenvalue weighted by molar-refractivity contribution is 5.92. The molecule has 1 aromatic carbocycles. The fraction of sp³-hybridized carbons (Fsp3) is 0.353. The van der Waals surface area contributed by atoms with Gasteiger partial charge < -0.3 is 10.6 Å². The van der Waals surface area contributed by atoms with Gasteiger partial charge >= 0.3 is 0 Å². The van der Waals surface area contributed by atoms with E-state index in [1.54, 1.807) is 13.2 Å². The molecule has 0 saturated heterocycles. The number of aryl methyl sites for hydroxylation is 1. The van der Waals surface area contributed by atoms with Gasteiger partial charge in [-0.2, -0.15) is 0 Å². The minimum atomic E-state index is -0.158. The van der Waals surface area contributed by atoms with Gasteiger partial charge in [0.2, 0.25) is 0 Å². The van der Waals surface area contributed by atoms with E-state index in [-0.39, 0.29) is 11.9 Å². The smallest absolute Gasteiger partial charge is 0.271 e. The molecule has 1 aliphatic rings. The van der Waals surface area contributed by atoms with Gasteiger partial charge in [-0.15, -0.1) is 0 Å². The number of fused-ring (bicyclic) bond motifs is 1. The Morgan fingerprint density at radius 2 is 2.05 bits per heavy atom. The average Bonchev–Trinajstić information content (AvgIpc) is 2.76. The largest absolute Gasteiger partial charge is 0.372 e. The topological polar surface area (TPSA) is 66.9 Å². The molecule has 114 valence electrons. The van der Waals surface area contributed by atoms with E-state index in [9.17, 15) is 4.79 Å². The van der Waals surface area contributed by atoms with Crippen LogP contribution in [-0.4, -0.2) is 29.0 Å². The lowest BCUT2D eigenvalue weighted by atomic mass is 10.0. The molecule has 5 heteroatoms. The predicted molar refractivity (Wildman–Crippen MR) is 85.9 cm³/mol. The van der Waals surface area contributed by atoms with Crippen LogP contribution in [0.3, 0.4) is 0 Å². The lowest BCUT2D eigenvalue weighted by molar-refractivity contribution is 0.0929. The third kappa shape index (κ3) is 3.24. The molecule has 0 radical (unpaired) electrons. The Balaban J connectivity index is 1.71. The zero-order chi connectivity index (χ0) is 15.4. The van der Waals surface area contributed by atoms with E-state index in [1.807, 2.05) is 0 Å². The quantitative estimate of drug-likeness (QED) is 0.852. The number of rotatable bonds is 3. The van der Waals surface area contributed by atoms with Gasteiger partial charge in [0.05, 0.1) is 12.4 Å². The molecule has 2 N–H and O–H groups in total. The molecule has 0 bridgehead atoms. The summed E-state index contributed by atoms with van der Waals surface area (Å²) in [5.41, 5.74) is 3.08. The first-order valence-corrected chi connectivity index (χ1v) is 7.63. The van der Waals surface area contributed by atoms with Crippen molar-refractivity contribution in [3.63, 3.8) is 0 Å². The Morgan fingerprint density at radius 1 is 1.23 bits per heavy atom. The normalized spacial score (nSPS) is 17.2. The number of hydrogen-bond acceptors (Lipinski definition) is 4. The minimum Gasteiger partial charge on any atom is -0.372 e. The lowest BCUT2D eigenvalue weighted by Gasteiger charge is -2.16. The number of nitrogens with one attached hydrogen (secondary N) is 2. The molecule has 0 unspecified atom stereocenters. The number of hydrogen-bond donors (Lipinski definition) is 2. The van der Waals surface area contributed by atoms with E-state index >= 15 is 0 Å². The van der Waals surface area contributed by atoms with E-state index in [1.165, 1.54) is 17.3 Å². The third-order valence-electron chi connectivity index (χ3n) is 4.04. The van der Waals surface area contributed by atoms with Gasteiger partial charge in [0, 0.05) is 13.1 Å². The van der Waals surface area contributed by atoms with Crippen LogP contribution in [0.5, 0.6) is 0 Å². The van der Waals surface area contributed by atoms with Crippen LogP contribution in [0.1, 0.15) is 34.5 Å². The number of benzene rings is 1. The first-order chi connectivity index (χ1) is 10.8. The summed E-state index contributed by atoms with van der Waals surface area (Å²) in [4.78, 5) is 20.6. The Hall–Kier alpha value is -2.43. The fourth-order valence-corrected chi connectivity index (χ4v) is 2.89. The highest BCUT2D eigenvalue weighted by Gasteiger charge is 2.19. The number of aromatic nitrogens is 2. The van der Waals surface area contributed by atoms with Crippen LogP contribution in [0.2, 0.25) is 0 Å². The van der Waals surface area contributed by atoms with E-state index in [0.717, 1.165) is 25.7 Å². The second kappa shape index (κ2) is 6.56. The van der Waals surface area contributed by atoms with Crippen LogP contribution >= 0.6 is 0 Å². The molecule has 1 aromatic heterocycles.